The van der Waals surface area contributed by atoms with E-state index in [4.69, 9.17) is 10.6 Å². The van der Waals surface area contributed by atoms with E-state index in [2.05, 4.69) is 25.7 Å². The third-order valence-electron chi connectivity index (χ3n) is 4.41. The number of thioether (sulfide) groups is 2. The summed E-state index contributed by atoms with van der Waals surface area (Å²) in [6, 6.07) is -0.905. The molecule has 0 aromatic carbocycles. The van der Waals surface area contributed by atoms with Gasteiger partial charge in [0.1, 0.15) is 35.4 Å². The van der Waals surface area contributed by atoms with E-state index in [9.17, 15) is 19.5 Å². The number of carbonyl (C=O) groups excluding carboxylic acids is 2. The lowest BCUT2D eigenvalue weighted by atomic mass is 10.0. The Labute approximate surface area is 209 Å². The monoisotopic (exact) mass is 549 g/mol. The molecule has 1 fully saturated rings. The number of aromatic nitrogens is 3. The minimum Gasteiger partial charge on any atom is -0.477 e. The van der Waals surface area contributed by atoms with Crippen molar-refractivity contribution in [3.63, 3.8) is 0 Å². The van der Waals surface area contributed by atoms with Crippen molar-refractivity contribution >= 4 is 87.2 Å². The van der Waals surface area contributed by atoms with Crippen molar-refractivity contribution in [2.45, 2.75) is 15.8 Å². The number of carboxylic acids is 1. The summed E-state index contributed by atoms with van der Waals surface area (Å²) in [5.41, 5.74) is 7.85. The molecule has 1 saturated heterocycles. The van der Waals surface area contributed by atoms with E-state index in [0.29, 0.717) is 21.4 Å². The minimum absolute atomic E-state index is 0. The second-order valence-electron chi connectivity index (χ2n) is 6.31. The number of β-lactam (4-membered cyclic amide) rings is 1. The highest BCUT2D eigenvalue weighted by Gasteiger charge is 2.54. The largest absolute Gasteiger partial charge is 0.477 e. The molecular formula is C16H16ClN7O5S4. The molecule has 2 atom stereocenters. The van der Waals surface area contributed by atoms with Crippen LogP contribution in [0.15, 0.2) is 31.7 Å². The SMILES string of the molecule is CO/N=C(/C(=O)NC1C(=O)N2C(C(=O)O)=C(CSc3nncs3)CS[C@H]12)c1csc(N)n1.Cl. The molecule has 2 aromatic heterocycles. The lowest BCUT2D eigenvalue weighted by Gasteiger charge is -2.49. The predicted molar refractivity (Wildman–Crippen MR) is 128 cm³/mol. The van der Waals surface area contributed by atoms with E-state index in [1.807, 2.05) is 0 Å². The zero-order chi connectivity index (χ0) is 22.8. The van der Waals surface area contributed by atoms with Crippen molar-refractivity contribution in [3.05, 3.63) is 27.9 Å². The summed E-state index contributed by atoms with van der Waals surface area (Å²) in [5, 5.41) is 25.0. The molecule has 0 saturated carbocycles. The fraction of sp³-hybridized carbons (Fsp3) is 0.312. The second kappa shape index (κ2) is 10.7. The number of amides is 2. The van der Waals surface area contributed by atoms with Crippen LogP contribution in [-0.4, -0.2) is 78.7 Å². The number of anilines is 1. The van der Waals surface area contributed by atoms with E-state index in [-0.39, 0.29) is 34.6 Å². The Morgan fingerprint density at radius 1 is 1.45 bits per heavy atom. The molecule has 2 aliphatic heterocycles. The second-order valence-corrected chi connectivity index (χ2v) is 10.4. The van der Waals surface area contributed by atoms with Gasteiger partial charge in [0, 0.05) is 16.9 Å². The van der Waals surface area contributed by atoms with Crippen molar-refractivity contribution in [1.82, 2.24) is 25.4 Å². The van der Waals surface area contributed by atoms with Crippen molar-refractivity contribution in [3.8, 4) is 0 Å². The lowest BCUT2D eigenvalue weighted by Crippen LogP contribution is -2.71. The van der Waals surface area contributed by atoms with Gasteiger partial charge in [-0.2, -0.15) is 0 Å². The number of carbonyl (C=O) groups is 3. The van der Waals surface area contributed by atoms with Gasteiger partial charge in [-0.1, -0.05) is 28.3 Å². The van der Waals surface area contributed by atoms with Crippen LogP contribution in [0.25, 0.3) is 0 Å². The summed E-state index contributed by atoms with van der Waals surface area (Å²) in [4.78, 5) is 47.5. The number of fused-ring (bicyclic) bond motifs is 1. The highest BCUT2D eigenvalue weighted by atomic mass is 35.5. The van der Waals surface area contributed by atoms with Crippen molar-refractivity contribution in [2.24, 2.45) is 5.16 Å². The molecule has 33 heavy (non-hydrogen) atoms. The number of hydrogen-bond acceptors (Lipinski definition) is 13. The van der Waals surface area contributed by atoms with Crippen LogP contribution in [0.2, 0.25) is 0 Å². The molecule has 2 aromatic rings. The van der Waals surface area contributed by atoms with Crippen molar-refractivity contribution in [2.75, 3.05) is 24.3 Å². The van der Waals surface area contributed by atoms with Gasteiger partial charge in [0.25, 0.3) is 11.8 Å². The first-order chi connectivity index (χ1) is 15.4. The number of nitrogens with two attached hydrogens (primary N) is 1. The molecule has 0 aliphatic carbocycles. The molecule has 1 unspecified atom stereocenters. The van der Waals surface area contributed by atoms with Gasteiger partial charge in [-0.15, -0.1) is 45.7 Å². The maximum atomic E-state index is 12.8. The van der Waals surface area contributed by atoms with Crippen LogP contribution in [0.5, 0.6) is 0 Å². The summed E-state index contributed by atoms with van der Waals surface area (Å²) >= 11 is 5.22. The molecule has 12 nitrogen and oxygen atoms in total. The summed E-state index contributed by atoms with van der Waals surface area (Å²) in [5.74, 6) is -1.61. The molecule has 4 rings (SSSR count). The zero-order valence-electron chi connectivity index (χ0n) is 16.7. The van der Waals surface area contributed by atoms with Crippen LogP contribution in [0.4, 0.5) is 5.13 Å². The van der Waals surface area contributed by atoms with Crippen molar-refractivity contribution in [1.29, 1.82) is 0 Å². The van der Waals surface area contributed by atoms with Gasteiger partial charge in [-0.05, 0) is 5.57 Å². The van der Waals surface area contributed by atoms with Crippen LogP contribution in [0.3, 0.4) is 0 Å². The van der Waals surface area contributed by atoms with Gasteiger partial charge in [-0.3, -0.25) is 14.5 Å². The number of halogens is 1. The van der Waals surface area contributed by atoms with Gasteiger partial charge in [0.05, 0.1) is 0 Å². The van der Waals surface area contributed by atoms with E-state index in [1.54, 1.807) is 10.9 Å². The van der Waals surface area contributed by atoms with Crippen LogP contribution >= 0.6 is 58.6 Å². The number of nitrogens with zero attached hydrogens (tertiary/aromatic N) is 5. The third kappa shape index (κ3) is 5.08. The van der Waals surface area contributed by atoms with Crippen molar-refractivity contribution < 1.29 is 24.3 Å². The normalized spacial score (nSPS) is 20.0. The average Bonchev–Trinajstić information content (AvgIpc) is 3.45. The first kappa shape index (κ1) is 25.2. The number of nitrogen functional groups attached to an aromatic ring is 1. The van der Waals surface area contributed by atoms with E-state index in [1.165, 1.54) is 46.9 Å². The van der Waals surface area contributed by atoms with E-state index >= 15 is 0 Å². The maximum absolute atomic E-state index is 12.8. The number of aliphatic carboxylic acids is 1. The van der Waals surface area contributed by atoms with Gasteiger partial charge in [0.15, 0.2) is 15.2 Å². The fourth-order valence-electron chi connectivity index (χ4n) is 3.07. The summed E-state index contributed by atoms with van der Waals surface area (Å²) in [6.07, 6.45) is 0. The molecule has 4 heterocycles. The maximum Gasteiger partial charge on any atom is 0.352 e. The third-order valence-corrected chi connectivity index (χ3v) is 8.37. The molecule has 4 N–H and O–H groups in total. The smallest absolute Gasteiger partial charge is 0.352 e. The van der Waals surface area contributed by atoms with Gasteiger partial charge in [-0.25, -0.2) is 9.78 Å². The topological polar surface area (TPSA) is 173 Å². The summed E-state index contributed by atoms with van der Waals surface area (Å²) in [7, 11) is 1.28. The Morgan fingerprint density at radius 2 is 2.24 bits per heavy atom. The molecule has 2 aliphatic rings. The molecule has 0 spiro atoms. The molecule has 0 bridgehead atoms. The Morgan fingerprint density at radius 3 is 2.85 bits per heavy atom. The Hall–Kier alpha value is -2.40. The highest BCUT2D eigenvalue weighted by Crippen LogP contribution is 2.41. The van der Waals surface area contributed by atoms with Gasteiger partial charge < -0.3 is 21.0 Å². The fourth-order valence-corrected chi connectivity index (χ4v) is 6.59. The molecular weight excluding hydrogens is 534 g/mol. The standard InChI is InChI=1S/C16H15N7O5S4.ClH/c1-28-22-8(7-4-30-15(17)19-7)11(24)20-9-12(25)23-10(14(26)27)6(2-29-13(9)23)3-31-16-21-18-5-32-16;/h4-5,9,13H,2-3H2,1H3,(H2,17,19)(H,20,24)(H,26,27);1H/b22-8+;/t9?,13-;/m1./s1. The molecule has 0 radical (unpaired) electrons. The van der Waals surface area contributed by atoms with Gasteiger partial charge >= 0.3 is 5.97 Å². The Kier molecular flexibility index (Phi) is 8.17. The zero-order valence-corrected chi connectivity index (χ0v) is 20.7. The van der Waals surface area contributed by atoms with Gasteiger partial charge in [0.2, 0.25) is 0 Å². The van der Waals surface area contributed by atoms with Crippen LogP contribution < -0.4 is 11.1 Å². The number of carboxylic acid groups (broad SMARTS) is 1. The number of hydrogen-bond donors (Lipinski definition) is 3. The number of rotatable bonds is 8. The molecule has 176 valence electrons. The highest BCUT2D eigenvalue weighted by molar-refractivity contribution is 8.01. The molecule has 17 heteroatoms. The van der Waals surface area contributed by atoms with E-state index < -0.39 is 29.2 Å². The van der Waals surface area contributed by atoms with E-state index in [0.717, 1.165) is 11.3 Å². The number of thiazole rings is 1. The Balaban J connectivity index is 0.00000306. The van der Waals surface area contributed by atoms with Crippen LogP contribution in [0.1, 0.15) is 5.69 Å². The number of oxime groups is 1. The summed E-state index contributed by atoms with van der Waals surface area (Å²) < 4.78 is 0.710. The first-order valence-corrected chi connectivity index (χ1v) is 12.6. The predicted octanol–water partition coefficient (Wildman–Crippen LogP) is 0.880. The number of nitrogens with one attached hydrogen (secondary N) is 1. The minimum atomic E-state index is -1.19. The quantitative estimate of drug-likeness (QED) is 0.184. The Bertz CT molecular complexity index is 1120. The van der Waals surface area contributed by atoms with Crippen LogP contribution in [0, 0.1) is 0 Å². The average molecular weight is 550 g/mol. The lowest BCUT2D eigenvalue weighted by molar-refractivity contribution is -0.150. The van der Waals surface area contributed by atoms with Crippen LogP contribution in [-0.2, 0) is 19.2 Å². The molecule has 2 amide bonds. The first-order valence-electron chi connectivity index (χ1n) is 8.83. The summed E-state index contributed by atoms with van der Waals surface area (Å²) in [6.45, 7) is 0.